The topological polar surface area (TPSA) is 38.3 Å². The van der Waals surface area contributed by atoms with Gasteiger partial charge in [-0.2, -0.15) is 0 Å². The normalized spacial score (nSPS) is 45.2. The van der Waals surface area contributed by atoms with Gasteiger partial charge in [0.2, 0.25) is 0 Å². The van der Waals surface area contributed by atoms with Crippen molar-refractivity contribution in [1.82, 2.24) is 5.32 Å². The molecule has 68 valence electrons. The second-order valence-corrected chi connectivity index (χ2v) is 3.74. The predicted molar refractivity (Wildman–Crippen MR) is 44.9 cm³/mol. The summed E-state index contributed by atoms with van der Waals surface area (Å²) in [6, 6.07) is 0.265. The standard InChI is InChI=1S/C9H15NO2/c1-5(11)8-6-3-4-7(12-6)9(8)10-2/h6-10H,3-4H2,1-2H3/t6-,7+,8-,9+/m1/s1. The number of rotatable bonds is 2. The van der Waals surface area contributed by atoms with Gasteiger partial charge in [0, 0.05) is 6.04 Å². The van der Waals surface area contributed by atoms with E-state index in [0.717, 1.165) is 12.8 Å². The van der Waals surface area contributed by atoms with Crippen molar-refractivity contribution in [2.45, 2.75) is 38.0 Å². The van der Waals surface area contributed by atoms with Gasteiger partial charge < -0.3 is 10.1 Å². The van der Waals surface area contributed by atoms with E-state index in [2.05, 4.69) is 5.32 Å². The molecular formula is C9H15NO2. The number of hydrogen-bond donors (Lipinski definition) is 1. The van der Waals surface area contributed by atoms with Gasteiger partial charge in [-0.15, -0.1) is 0 Å². The minimum absolute atomic E-state index is 0.105. The predicted octanol–water partition coefficient (Wildman–Crippen LogP) is 0.341. The molecule has 12 heavy (non-hydrogen) atoms. The van der Waals surface area contributed by atoms with Gasteiger partial charge >= 0.3 is 0 Å². The van der Waals surface area contributed by atoms with Gasteiger partial charge in [0.15, 0.2) is 0 Å². The molecule has 2 saturated heterocycles. The third-order valence-electron chi connectivity index (χ3n) is 3.08. The van der Waals surface area contributed by atoms with E-state index in [1.54, 1.807) is 6.92 Å². The van der Waals surface area contributed by atoms with Gasteiger partial charge in [0.05, 0.1) is 18.1 Å². The maximum absolute atomic E-state index is 11.3. The molecule has 0 radical (unpaired) electrons. The van der Waals surface area contributed by atoms with E-state index < -0.39 is 0 Å². The van der Waals surface area contributed by atoms with Crippen molar-refractivity contribution in [3.63, 3.8) is 0 Å². The van der Waals surface area contributed by atoms with E-state index in [1.165, 1.54) is 0 Å². The van der Waals surface area contributed by atoms with Crippen LogP contribution in [0.5, 0.6) is 0 Å². The average Bonchev–Trinajstić information content (AvgIpc) is 2.60. The second kappa shape index (κ2) is 2.82. The van der Waals surface area contributed by atoms with Gasteiger partial charge in [0.1, 0.15) is 5.78 Å². The second-order valence-electron chi connectivity index (χ2n) is 3.74. The lowest BCUT2D eigenvalue weighted by Crippen LogP contribution is -2.45. The Morgan fingerprint density at radius 2 is 2.08 bits per heavy atom. The molecule has 0 amide bonds. The molecule has 3 heteroatoms. The van der Waals surface area contributed by atoms with Crippen molar-refractivity contribution in [2.75, 3.05) is 7.05 Å². The highest BCUT2D eigenvalue weighted by atomic mass is 16.5. The van der Waals surface area contributed by atoms with Crippen LogP contribution in [0.2, 0.25) is 0 Å². The van der Waals surface area contributed by atoms with Gasteiger partial charge in [0.25, 0.3) is 0 Å². The molecule has 2 bridgehead atoms. The van der Waals surface area contributed by atoms with Gasteiger partial charge in [-0.3, -0.25) is 4.79 Å². The summed E-state index contributed by atoms with van der Waals surface area (Å²) >= 11 is 0. The minimum Gasteiger partial charge on any atom is -0.373 e. The molecule has 2 aliphatic rings. The van der Waals surface area contributed by atoms with E-state index in [4.69, 9.17) is 4.74 Å². The molecule has 0 unspecified atom stereocenters. The summed E-state index contributed by atoms with van der Waals surface area (Å²) in [6.07, 6.45) is 2.66. The van der Waals surface area contributed by atoms with Crippen LogP contribution < -0.4 is 5.32 Å². The fourth-order valence-corrected chi connectivity index (χ4v) is 2.56. The molecule has 2 rings (SSSR count). The summed E-state index contributed by atoms with van der Waals surface area (Å²) in [6.45, 7) is 1.67. The minimum atomic E-state index is 0.105. The first-order valence-corrected chi connectivity index (χ1v) is 4.57. The number of Topliss-reactive ketones (excluding diaryl/α,β-unsaturated/α-hetero) is 1. The summed E-state index contributed by atoms with van der Waals surface area (Å²) in [5, 5.41) is 3.18. The van der Waals surface area contributed by atoms with Crippen molar-refractivity contribution < 1.29 is 9.53 Å². The number of ketones is 1. The number of nitrogens with one attached hydrogen (secondary N) is 1. The van der Waals surface area contributed by atoms with E-state index in [9.17, 15) is 4.79 Å². The van der Waals surface area contributed by atoms with E-state index in [0.29, 0.717) is 0 Å². The summed E-state index contributed by atoms with van der Waals surface area (Å²) in [4.78, 5) is 11.3. The molecule has 2 aliphatic heterocycles. The van der Waals surface area contributed by atoms with Gasteiger partial charge in [-0.25, -0.2) is 0 Å². The zero-order chi connectivity index (χ0) is 8.72. The summed E-state index contributed by atoms with van der Waals surface area (Å²) in [5.74, 6) is 0.371. The first-order chi connectivity index (χ1) is 5.74. The molecule has 0 aliphatic carbocycles. The van der Waals surface area contributed by atoms with Gasteiger partial charge in [-0.1, -0.05) is 0 Å². The van der Waals surface area contributed by atoms with Crippen LogP contribution in [0.1, 0.15) is 19.8 Å². The van der Waals surface area contributed by atoms with Crippen molar-refractivity contribution in [2.24, 2.45) is 5.92 Å². The average molecular weight is 169 g/mol. The van der Waals surface area contributed by atoms with Crippen LogP contribution in [0.3, 0.4) is 0 Å². The summed E-state index contributed by atoms with van der Waals surface area (Å²) in [7, 11) is 1.91. The Labute approximate surface area is 72.5 Å². The molecule has 4 atom stereocenters. The monoisotopic (exact) mass is 169 g/mol. The van der Waals surface area contributed by atoms with Crippen LogP contribution in [0.4, 0.5) is 0 Å². The molecule has 0 saturated carbocycles. The Morgan fingerprint density at radius 3 is 2.58 bits per heavy atom. The Balaban J connectivity index is 2.16. The quantitative estimate of drug-likeness (QED) is 0.648. The number of ether oxygens (including phenoxy) is 1. The lowest BCUT2D eigenvalue weighted by atomic mass is 9.82. The highest BCUT2D eigenvalue weighted by Crippen LogP contribution is 2.39. The first kappa shape index (κ1) is 8.20. The van der Waals surface area contributed by atoms with Crippen LogP contribution in [0.25, 0.3) is 0 Å². The third kappa shape index (κ3) is 1.00. The smallest absolute Gasteiger partial charge is 0.137 e. The number of hydrogen-bond acceptors (Lipinski definition) is 3. The van der Waals surface area contributed by atoms with Crippen LogP contribution in [-0.4, -0.2) is 31.1 Å². The van der Waals surface area contributed by atoms with Crippen LogP contribution in [0.15, 0.2) is 0 Å². The number of likely N-dealkylation sites (N-methyl/N-ethyl adjacent to an activating group) is 1. The molecular weight excluding hydrogens is 154 g/mol. The number of fused-ring (bicyclic) bond motifs is 2. The Hall–Kier alpha value is -0.410. The third-order valence-corrected chi connectivity index (χ3v) is 3.08. The highest BCUT2D eigenvalue weighted by Gasteiger charge is 2.50. The fourth-order valence-electron chi connectivity index (χ4n) is 2.56. The molecule has 0 aromatic heterocycles. The lowest BCUT2D eigenvalue weighted by Gasteiger charge is -2.25. The lowest BCUT2D eigenvalue weighted by molar-refractivity contribution is -0.122. The fraction of sp³-hybridized carbons (Fsp3) is 0.889. The van der Waals surface area contributed by atoms with Crippen LogP contribution in [0, 0.1) is 5.92 Å². The van der Waals surface area contributed by atoms with Crippen LogP contribution in [-0.2, 0) is 9.53 Å². The summed E-state index contributed by atoms with van der Waals surface area (Å²) in [5.41, 5.74) is 0. The van der Waals surface area contributed by atoms with Crippen molar-refractivity contribution in [3.05, 3.63) is 0 Å². The van der Waals surface area contributed by atoms with E-state index >= 15 is 0 Å². The SMILES string of the molecule is CN[C@@H]1[C@H](C(C)=O)[C@H]2CC[C@@H]1O2. The molecule has 0 aromatic carbocycles. The molecule has 1 N–H and O–H groups in total. The number of carbonyl (C=O) groups is 1. The molecule has 0 spiro atoms. The molecule has 2 fully saturated rings. The zero-order valence-corrected chi connectivity index (χ0v) is 7.54. The van der Waals surface area contributed by atoms with Crippen molar-refractivity contribution >= 4 is 5.78 Å². The van der Waals surface area contributed by atoms with Gasteiger partial charge in [-0.05, 0) is 26.8 Å². The Kier molecular flexibility index (Phi) is 1.93. The van der Waals surface area contributed by atoms with Crippen molar-refractivity contribution in [3.8, 4) is 0 Å². The summed E-state index contributed by atoms with van der Waals surface area (Å²) < 4.78 is 5.67. The maximum Gasteiger partial charge on any atom is 0.137 e. The van der Waals surface area contributed by atoms with E-state index in [1.807, 2.05) is 7.05 Å². The molecule has 2 heterocycles. The van der Waals surface area contributed by atoms with Crippen molar-refractivity contribution in [1.29, 1.82) is 0 Å². The first-order valence-electron chi connectivity index (χ1n) is 4.57. The number of carbonyl (C=O) groups excluding carboxylic acids is 1. The van der Waals surface area contributed by atoms with E-state index in [-0.39, 0.29) is 30.0 Å². The van der Waals surface area contributed by atoms with Crippen LogP contribution >= 0.6 is 0 Å². The maximum atomic E-state index is 11.3. The molecule has 0 aromatic rings. The Morgan fingerprint density at radius 1 is 1.42 bits per heavy atom. The molecule has 3 nitrogen and oxygen atoms in total. The zero-order valence-electron chi connectivity index (χ0n) is 7.54. The Bertz CT molecular complexity index is 205. The largest absolute Gasteiger partial charge is 0.373 e. The highest BCUT2D eigenvalue weighted by molar-refractivity contribution is 5.80.